The van der Waals surface area contributed by atoms with Gasteiger partial charge in [0.25, 0.3) is 0 Å². The Kier molecular flexibility index (Phi) is 10.5. The molecule has 10 rings (SSSR count). The van der Waals surface area contributed by atoms with Crippen LogP contribution in [0.25, 0.3) is 54.1 Å². The number of carbonyl (C=O) groups is 3. The molecule has 2 aromatic carbocycles. The van der Waals surface area contributed by atoms with E-state index in [-0.39, 0.29) is 23.7 Å². The Labute approximate surface area is 379 Å². The van der Waals surface area contributed by atoms with Crippen molar-refractivity contribution >= 4 is 61.0 Å². The first-order valence-corrected chi connectivity index (χ1v) is 23.9. The molecule has 2 aliphatic heterocycles. The number of fused-ring (bicyclic) bond motifs is 6. The Balaban J connectivity index is 0.942. The van der Waals surface area contributed by atoms with Crippen molar-refractivity contribution in [3.05, 3.63) is 71.8 Å². The van der Waals surface area contributed by atoms with Crippen LogP contribution in [0.3, 0.4) is 0 Å². The maximum Gasteiger partial charge on any atom is 0.407 e. The molecule has 6 aromatic rings. The number of thiazole rings is 2. The average molecular weight is 903 g/mol. The number of methoxy groups -OCH3 is 2. The highest BCUT2D eigenvalue weighted by molar-refractivity contribution is 7.17. The molecule has 4 aromatic heterocycles. The Morgan fingerprint density at radius 3 is 1.58 bits per heavy atom. The highest BCUT2D eigenvalue weighted by atomic mass is 32.1. The van der Waals surface area contributed by atoms with E-state index in [1.165, 1.54) is 7.11 Å². The summed E-state index contributed by atoms with van der Waals surface area (Å²) in [5.74, 6) is 2.61. The van der Waals surface area contributed by atoms with E-state index in [0.717, 1.165) is 104 Å². The van der Waals surface area contributed by atoms with E-state index in [4.69, 9.17) is 29.4 Å². The number of hydrogen-bond donors (Lipinski definition) is 4. The summed E-state index contributed by atoms with van der Waals surface area (Å²) >= 11 is 3.17. The van der Waals surface area contributed by atoms with E-state index in [1.54, 1.807) is 29.8 Å². The second kappa shape index (κ2) is 16.0. The van der Waals surface area contributed by atoms with Gasteiger partial charge in [0, 0.05) is 35.3 Å². The molecule has 0 unspecified atom stereocenters. The van der Waals surface area contributed by atoms with Gasteiger partial charge in [-0.25, -0.2) is 24.7 Å². The largest absolute Gasteiger partial charge is 0.483 e. The van der Waals surface area contributed by atoms with Crippen molar-refractivity contribution in [3.8, 4) is 33.6 Å². The van der Waals surface area contributed by atoms with Crippen molar-refractivity contribution in [3.63, 3.8) is 0 Å². The van der Waals surface area contributed by atoms with Crippen LogP contribution < -0.4 is 10.6 Å². The number of aromatic amines is 2. The van der Waals surface area contributed by atoms with Gasteiger partial charge in [0.2, 0.25) is 11.8 Å². The number of carbonyl (C=O) groups excluding carboxylic acids is 3. The normalized spacial score (nSPS) is 23.4. The molecule has 3 amide bonds. The van der Waals surface area contributed by atoms with Crippen molar-refractivity contribution in [1.29, 1.82) is 0 Å². The number of amides is 3. The minimum atomic E-state index is -0.707. The number of H-pyrrole nitrogens is 2. The zero-order chi connectivity index (χ0) is 44.7. The van der Waals surface area contributed by atoms with Crippen LogP contribution in [-0.2, 0) is 30.1 Å². The lowest BCUT2D eigenvalue weighted by molar-refractivity contribution is -0.141. The van der Waals surface area contributed by atoms with Gasteiger partial charge in [0.1, 0.15) is 34.8 Å². The topological polar surface area (TPSA) is 183 Å². The molecule has 0 radical (unpaired) electrons. The second-order valence-corrected chi connectivity index (χ2v) is 20.4. The van der Waals surface area contributed by atoms with E-state index in [9.17, 15) is 14.4 Å². The van der Waals surface area contributed by atoms with Crippen LogP contribution in [0.2, 0.25) is 0 Å². The first-order valence-electron chi connectivity index (χ1n) is 22.2. The van der Waals surface area contributed by atoms with Crippen LogP contribution >= 0.6 is 22.7 Å². The van der Waals surface area contributed by atoms with Gasteiger partial charge in [0.05, 0.1) is 69.5 Å². The molecular formula is C47H54N10O5S2. The molecule has 4 N–H and O–H groups in total. The zero-order valence-corrected chi connectivity index (χ0v) is 38.6. The van der Waals surface area contributed by atoms with Gasteiger partial charge < -0.3 is 39.9 Å². The van der Waals surface area contributed by atoms with Crippen molar-refractivity contribution < 1.29 is 23.9 Å². The summed E-state index contributed by atoms with van der Waals surface area (Å²) in [6, 6.07) is 7.32. The molecule has 2 saturated carbocycles. The smallest absolute Gasteiger partial charge is 0.407 e. The molecule has 64 heavy (non-hydrogen) atoms. The first-order chi connectivity index (χ1) is 30.8. The van der Waals surface area contributed by atoms with Gasteiger partial charge in [-0.3, -0.25) is 9.59 Å². The fraction of sp³-hybridized carbons (Fsp3) is 0.468. The van der Waals surface area contributed by atoms with E-state index in [1.807, 2.05) is 60.9 Å². The highest BCUT2D eigenvalue weighted by Gasteiger charge is 2.58. The van der Waals surface area contributed by atoms with Gasteiger partial charge in [-0.15, -0.1) is 22.7 Å². The lowest BCUT2D eigenvalue weighted by Gasteiger charge is -2.40. The molecule has 2 saturated heterocycles. The summed E-state index contributed by atoms with van der Waals surface area (Å²) in [5.41, 5.74) is 10.1. The molecule has 4 aliphatic rings. The summed E-state index contributed by atoms with van der Waals surface area (Å²) in [4.78, 5) is 71.7. The zero-order valence-electron chi connectivity index (χ0n) is 37.0. The van der Waals surface area contributed by atoms with Crippen LogP contribution in [0.5, 0.6) is 0 Å². The number of piperidine rings is 2. The Bertz CT molecular complexity index is 2620. The van der Waals surface area contributed by atoms with Crippen molar-refractivity contribution in [1.82, 2.24) is 50.3 Å². The number of hydrogen-bond acceptors (Lipinski definition) is 12. The van der Waals surface area contributed by atoms with E-state index in [0.29, 0.717) is 30.8 Å². The van der Waals surface area contributed by atoms with E-state index >= 15 is 0 Å². The van der Waals surface area contributed by atoms with Gasteiger partial charge in [0.15, 0.2) is 5.88 Å². The van der Waals surface area contributed by atoms with Crippen LogP contribution in [0, 0.1) is 23.7 Å². The first kappa shape index (κ1) is 42.2. The molecule has 0 spiro atoms. The minimum absolute atomic E-state index is 0.0326. The number of rotatable bonds is 13. The van der Waals surface area contributed by atoms with Crippen LogP contribution in [-0.4, -0.2) is 97.0 Å². The highest BCUT2D eigenvalue weighted by Crippen LogP contribution is 2.54. The molecule has 15 nitrogen and oxygen atoms in total. The number of alkyl carbamates (subject to hydrolysis) is 1. The molecule has 2 aliphatic carbocycles. The standard InChI is InChI=1S/C47H54N10O5S2/c1-24(2)35(52-26(5)61-6)41(58)56-20-27-12-14-46(56,16-27)43-48-18-33(53-43)31-10-8-29(37-39(31)63-22-50-37)30-9-11-32(40-38(30)51-23-64-40)34-19-49-44(54-34)47-15-13-28(17-47)21-57(47)42(59)36(25(3)4)55-45(60)62-7/h8-11,18-19,22-25,27-28,35-36,52H,5,12-17,20-21H2,1-4,6-7H3,(H,48,53)(H,49,54)(H,55,60)/t27-,28-,35-,36-,46-,47-/m0/s1. The van der Waals surface area contributed by atoms with Crippen molar-refractivity contribution in [2.24, 2.45) is 23.7 Å². The van der Waals surface area contributed by atoms with Gasteiger partial charge >= 0.3 is 6.09 Å². The van der Waals surface area contributed by atoms with Crippen LogP contribution in [0.4, 0.5) is 4.79 Å². The Morgan fingerprint density at radius 1 is 0.703 bits per heavy atom. The minimum Gasteiger partial charge on any atom is -0.483 e. The third-order valence-electron chi connectivity index (χ3n) is 14.4. The quantitative estimate of drug-likeness (QED) is 0.0826. The number of imidazole rings is 2. The number of nitrogens with zero attached hydrogens (tertiary/aromatic N) is 6. The number of benzene rings is 2. The maximum absolute atomic E-state index is 14.2. The van der Waals surface area contributed by atoms with Crippen molar-refractivity contribution in [2.75, 3.05) is 27.3 Å². The summed E-state index contributed by atoms with van der Waals surface area (Å²) < 4.78 is 12.2. The van der Waals surface area contributed by atoms with Crippen molar-refractivity contribution in [2.45, 2.75) is 89.4 Å². The summed E-state index contributed by atoms with van der Waals surface area (Å²) in [6.07, 6.45) is 8.59. The number of ether oxygens (including phenoxy) is 2. The second-order valence-electron chi connectivity index (χ2n) is 18.7. The van der Waals surface area contributed by atoms with Crippen LogP contribution in [0.1, 0.15) is 77.9 Å². The summed E-state index contributed by atoms with van der Waals surface area (Å²) in [6.45, 7) is 13.2. The Morgan fingerprint density at radius 2 is 1.16 bits per heavy atom. The molecule has 6 heterocycles. The molecule has 17 heteroatoms. The third kappa shape index (κ3) is 6.67. The third-order valence-corrected chi connectivity index (χ3v) is 16.1. The monoisotopic (exact) mass is 902 g/mol. The predicted octanol–water partition coefficient (Wildman–Crippen LogP) is 8.14. The maximum atomic E-state index is 14.2. The lowest BCUT2D eigenvalue weighted by atomic mass is 9.93. The van der Waals surface area contributed by atoms with Crippen LogP contribution in [0.15, 0.2) is 60.1 Å². The average Bonchev–Trinajstić information content (AvgIpc) is 4.15. The lowest BCUT2D eigenvalue weighted by Crippen LogP contribution is -2.56. The van der Waals surface area contributed by atoms with Gasteiger partial charge in [-0.05, 0) is 68.8 Å². The van der Waals surface area contributed by atoms with Gasteiger partial charge in [-0.1, -0.05) is 52.0 Å². The molecular weight excluding hydrogens is 849 g/mol. The predicted molar refractivity (Wildman–Crippen MR) is 247 cm³/mol. The molecule has 4 fully saturated rings. The van der Waals surface area contributed by atoms with E-state index < -0.39 is 29.3 Å². The molecule has 6 atom stereocenters. The molecule has 334 valence electrons. The fourth-order valence-corrected chi connectivity index (χ4v) is 12.8. The Hall–Kier alpha value is -5.81. The number of nitrogens with one attached hydrogen (secondary N) is 4. The number of aromatic nitrogens is 6. The van der Waals surface area contributed by atoms with E-state index in [2.05, 4.69) is 51.4 Å². The fourth-order valence-electron chi connectivity index (χ4n) is 11.1. The molecule has 4 bridgehead atoms. The number of likely N-dealkylation sites (tertiary alicyclic amines) is 2. The summed E-state index contributed by atoms with van der Waals surface area (Å²) in [5, 5.41) is 5.99. The summed E-state index contributed by atoms with van der Waals surface area (Å²) in [7, 11) is 2.86. The van der Waals surface area contributed by atoms with Gasteiger partial charge in [-0.2, -0.15) is 0 Å². The SMILES string of the molecule is C=C(N[C@H](C(=O)N1C[C@H]2CC[C@@]1(c1ncc(-c3ccc(-c4ccc(-c5cnc([C@@]67CC[C@H](CN6C(=O)[C@@H](NC(=O)OC)C(C)C)C7)[nH]5)c5scnc45)c4ncsc34)[nH]1)C2)C(C)C)OC.